The summed E-state index contributed by atoms with van der Waals surface area (Å²) in [6, 6.07) is 8.35. The summed E-state index contributed by atoms with van der Waals surface area (Å²) in [7, 11) is 1.41. The third-order valence-electron chi connectivity index (χ3n) is 7.62. The molecule has 0 amide bonds. The van der Waals surface area contributed by atoms with E-state index >= 15 is 0 Å². The maximum atomic E-state index is 12.8. The Kier molecular flexibility index (Phi) is 13.6. The molecule has 12 heteroatoms. The van der Waals surface area contributed by atoms with Crippen molar-refractivity contribution in [3.05, 3.63) is 45.9 Å². The molecule has 0 saturated carbocycles. The number of methoxy groups -OCH3 is 1. The average Bonchev–Trinajstić information content (AvgIpc) is 3.30. The SMILES string of the molecule is CCCCOc1nc(N)c2[nH]c(=O)n(CCCN(CCCN3CCCCC3)Cc3ccc(CC(=O)OC)cc3)c2n1.Cl. The van der Waals surface area contributed by atoms with Gasteiger partial charge in [-0.3, -0.25) is 14.3 Å². The number of piperidine rings is 1. The van der Waals surface area contributed by atoms with Crippen molar-refractivity contribution in [1.82, 2.24) is 29.3 Å². The lowest BCUT2D eigenvalue weighted by Gasteiger charge is -2.28. The second-order valence-electron chi connectivity index (χ2n) is 10.8. The summed E-state index contributed by atoms with van der Waals surface area (Å²) in [6.07, 6.45) is 7.95. The molecule has 4 rings (SSSR count). The predicted molar refractivity (Wildman–Crippen MR) is 167 cm³/mol. The number of rotatable bonds is 16. The second kappa shape index (κ2) is 17.1. The molecule has 0 spiro atoms. The van der Waals surface area contributed by atoms with Gasteiger partial charge in [0.15, 0.2) is 11.5 Å². The minimum atomic E-state index is -0.246. The van der Waals surface area contributed by atoms with Gasteiger partial charge in [0.05, 0.1) is 20.1 Å². The molecule has 1 saturated heterocycles. The molecule has 0 bridgehead atoms. The van der Waals surface area contributed by atoms with Crippen LogP contribution in [0, 0.1) is 0 Å². The quantitative estimate of drug-likeness (QED) is 0.185. The van der Waals surface area contributed by atoms with Crippen LogP contribution in [0.5, 0.6) is 6.01 Å². The van der Waals surface area contributed by atoms with E-state index in [9.17, 15) is 9.59 Å². The highest BCUT2D eigenvalue weighted by atomic mass is 35.5. The Balaban J connectivity index is 0.00000484. The number of carbonyl (C=O) groups excluding carboxylic acids is 1. The molecule has 1 fully saturated rings. The van der Waals surface area contributed by atoms with Crippen LogP contribution in [0.1, 0.15) is 63.0 Å². The number of halogens is 1. The summed E-state index contributed by atoms with van der Waals surface area (Å²) in [5.74, 6) is -0.0244. The lowest BCUT2D eigenvalue weighted by atomic mass is 10.1. The molecule has 11 nitrogen and oxygen atoms in total. The van der Waals surface area contributed by atoms with Crippen molar-refractivity contribution in [2.24, 2.45) is 0 Å². The summed E-state index contributed by atoms with van der Waals surface area (Å²) in [4.78, 5) is 41.0. The average molecular weight is 604 g/mol. The van der Waals surface area contributed by atoms with Crippen LogP contribution in [-0.4, -0.2) is 81.7 Å². The smallest absolute Gasteiger partial charge is 0.327 e. The van der Waals surface area contributed by atoms with E-state index in [4.69, 9.17) is 15.2 Å². The van der Waals surface area contributed by atoms with Gasteiger partial charge < -0.3 is 25.1 Å². The molecule has 232 valence electrons. The Labute approximate surface area is 254 Å². The number of aryl methyl sites for hydroxylation is 1. The summed E-state index contributed by atoms with van der Waals surface area (Å²) in [6.45, 7) is 9.18. The van der Waals surface area contributed by atoms with Gasteiger partial charge in [-0.05, 0) is 69.4 Å². The number of benzene rings is 1. The van der Waals surface area contributed by atoms with Gasteiger partial charge in [-0.25, -0.2) is 4.79 Å². The monoisotopic (exact) mass is 603 g/mol. The van der Waals surface area contributed by atoms with E-state index in [-0.39, 0.29) is 42.3 Å². The molecule has 3 aromatic rings. The maximum absolute atomic E-state index is 12.8. The van der Waals surface area contributed by atoms with Gasteiger partial charge >= 0.3 is 17.7 Å². The van der Waals surface area contributed by atoms with Gasteiger partial charge in [-0.2, -0.15) is 9.97 Å². The van der Waals surface area contributed by atoms with E-state index in [2.05, 4.69) is 43.8 Å². The minimum absolute atomic E-state index is 0. The molecule has 2 aromatic heterocycles. The van der Waals surface area contributed by atoms with Crippen LogP contribution in [0.2, 0.25) is 0 Å². The van der Waals surface area contributed by atoms with Crippen molar-refractivity contribution in [2.75, 3.05) is 52.2 Å². The Morgan fingerprint density at radius 2 is 1.71 bits per heavy atom. The Bertz CT molecular complexity index is 1310. The number of imidazole rings is 1. The normalized spacial score (nSPS) is 13.8. The van der Waals surface area contributed by atoms with Crippen molar-refractivity contribution in [1.29, 1.82) is 0 Å². The molecule has 1 aromatic carbocycles. The first-order valence-corrected chi connectivity index (χ1v) is 14.9. The Morgan fingerprint density at radius 1 is 1.02 bits per heavy atom. The lowest BCUT2D eigenvalue weighted by molar-refractivity contribution is -0.139. The molecule has 0 unspecified atom stereocenters. The number of nitrogens with zero attached hydrogens (tertiary/aromatic N) is 5. The highest BCUT2D eigenvalue weighted by molar-refractivity contribution is 5.85. The Morgan fingerprint density at radius 3 is 2.40 bits per heavy atom. The topological polar surface area (TPSA) is 132 Å². The molecular formula is C30H46ClN7O4. The number of hydrogen-bond donors (Lipinski definition) is 2. The van der Waals surface area contributed by atoms with Gasteiger partial charge in [-0.1, -0.05) is 44.0 Å². The van der Waals surface area contributed by atoms with Crippen molar-refractivity contribution >= 4 is 35.4 Å². The number of aromatic amines is 1. The number of carbonyl (C=O) groups is 1. The number of aromatic nitrogens is 4. The third-order valence-corrected chi connectivity index (χ3v) is 7.62. The summed E-state index contributed by atoms with van der Waals surface area (Å²) < 4.78 is 12.1. The number of ether oxygens (including phenoxy) is 2. The highest BCUT2D eigenvalue weighted by Crippen LogP contribution is 2.18. The van der Waals surface area contributed by atoms with Crippen molar-refractivity contribution in [3.63, 3.8) is 0 Å². The molecule has 0 aliphatic carbocycles. The van der Waals surface area contributed by atoms with Gasteiger partial charge in [0.1, 0.15) is 5.52 Å². The van der Waals surface area contributed by atoms with E-state index in [0.29, 0.717) is 24.3 Å². The molecule has 1 aliphatic heterocycles. The molecule has 3 N–H and O–H groups in total. The predicted octanol–water partition coefficient (Wildman–Crippen LogP) is 3.79. The van der Waals surface area contributed by atoms with Gasteiger partial charge in [-0.15, -0.1) is 12.4 Å². The van der Waals surface area contributed by atoms with Crippen LogP contribution in [0.4, 0.5) is 5.82 Å². The largest absolute Gasteiger partial charge is 0.469 e. The van der Waals surface area contributed by atoms with E-state index in [1.54, 1.807) is 4.57 Å². The molecule has 3 heterocycles. The summed E-state index contributed by atoms with van der Waals surface area (Å²) in [5, 5.41) is 0. The zero-order valence-corrected chi connectivity index (χ0v) is 25.8. The standard InChI is InChI=1S/C30H45N7O4.ClH/c1-3-4-20-41-29-33-27(31)26-28(34-29)37(30(39)32-26)19-9-18-36(17-8-16-35-14-6-5-7-15-35)22-24-12-10-23(11-13-24)21-25(38)40-2;/h10-13H,3-9,14-22H2,1-2H3,(H,32,39)(H2,31,33,34);1H. The Hall–Kier alpha value is -3.15. The number of anilines is 1. The second-order valence-corrected chi connectivity index (χ2v) is 10.8. The molecule has 0 radical (unpaired) electrons. The number of likely N-dealkylation sites (tertiary alicyclic amines) is 1. The third kappa shape index (κ3) is 9.71. The maximum Gasteiger partial charge on any atom is 0.327 e. The van der Waals surface area contributed by atoms with E-state index in [1.165, 1.54) is 45.0 Å². The van der Waals surface area contributed by atoms with Gasteiger partial charge in [0.25, 0.3) is 0 Å². The summed E-state index contributed by atoms with van der Waals surface area (Å²) >= 11 is 0. The summed E-state index contributed by atoms with van der Waals surface area (Å²) in [5.41, 5.74) is 8.93. The first kappa shape index (κ1) is 33.4. The number of nitrogens with one attached hydrogen (secondary N) is 1. The first-order chi connectivity index (χ1) is 20.0. The number of H-pyrrole nitrogens is 1. The molecular weight excluding hydrogens is 558 g/mol. The number of nitrogen functional groups attached to an aromatic ring is 1. The highest BCUT2D eigenvalue weighted by Gasteiger charge is 2.16. The van der Waals surface area contributed by atoms with Gasteiger partial charge in [0, 0.05) is 19.6 Å². The van der Waals surface area contributed by atoms with Crippen LogP contribution >= 0.6 is 12.4 Å². The zero-order chi connectivity index (χ0) is 29.0. The van der Waals surface area contributed by atoms with Crippen LogP contribution in [0.25, 0.3) is 11.2 Å². The van der Waals surface area contributed by atoms with Crippen molar-refractivity contribution < 1.29 is 14.3 Å². The molecule has 42 heavy (non-hydrogen) atoms. The number of fused-ring (bicyclic) bond motifs is 1. The van der Waals surface area contributed by atoms with Gasteiger partial charge in [0.2, 0.25) is 0 Å². The van der Waals surface area contributed by atoms with Crippen molar-refractivity contribution in [3.8, 4) is 6.01 Å². The zero-order valence-electron chi connectivity index (χ0n) is 25.0. The fourth-order valence-electron chi connectivity index (χ4n) is 5.29. The van der Waals surface area contributed by atoms with E-state index in [1.807, 2.05) is 12.1 Å². The minimum Gasteiger partial charge on any atom is -0.469 e. The number of hydrogen-bond acceptors (Lipinski definition) is 9. The molecule has 0 atom stereocenters. The first-order valence-electron chi connectivity index (χ1n) is 14.9. The number of nitrogens with two attached hydrogens (primary N) is 1. The van der Waals surface area contributed by atoms with Crippen molar-refractivity contribution in [2.45, 2.75) is 71.4 Å². The molecule has 1 aliphatic rings. The van der Waals surface area contributed by atoms with E-state index < -0.39 is 0 Å². The fraction of sp³-hybridized carbons (Fsp3) is 0.600. The van der Waals surface area contributed by atoms with Crippen LogP contribution in [-0.2, 0) is 29.0 Å². The number of unbranched alkanes of at least 4 members (excludes halogenated alkanes) is 1. The lowest BCUT2D eigenvalue weighted by Crippen LogP contribution is -2.34. The van der Waals surface area contributed by atoms with Crippen LogP contribution < -0.4 is 16.2 Å². The number of esters is 1. The van der Waals surface area contributed by atoms with E-state index in [0.717, 1.165) is 57.4 Å². The fourth-order valence-corrected chi connectivity index (χ4v) is 5.29. The van der Waals surface area contributed by atoms with Crippen LogP contribution in [0.15, 0.2) is 29.1 Å². The van der Waals surface area contributed by atoms with Crippen LogP contribution in [0.3, 0.4) is 0 Å².